The van der Waals surface area contributed by atoms with E-state index in [1.807, 2.05) is 29.0 Å². The Labute approximate surface area is 935 Å². The number of primary amides is 1. The SMILES string of the molecule is C/C(=N\NC(=S)Nc1ccc(C(N)=O)cc1)c1csc(-c2ccc(Cl)c(Cl)c2)c1O.C/C(=N\NC(=S)Nc1ccc(O)cc1)c1csc(-c2ccc(Cl)c(Cl)c2)c1O.C/C(=N\NC(=S)Nc1cccc(CO)c1)c1csc(-c2ccc(Cl)c(Cl)c2)c1O.C/C(=N\NC(=S)Nc1cccc(O)c1)c1csc(-c2ccc(Cl)c(Cl)c2)c1O.C/C(=N\NC(=S)Nc1cccc(S(N)(=O)=O)c1)c1nn(C)c(-c2ccc(Cl)c(Cl)c2)c1O. The minimum Gasteiger partial charge on any atom is -0.508 e. The number of benzene rings is 10. The van der Waals surface area contributed by atoms with Crippen molar-refractivity contribution in [2.45, 2.75) is 46.1 Å². The molecular formula is C97H81Cl10N19O11S10. The van der Waals surface area contributed by atoms with E-state index in [4.69, 9.17) is 188 Å². The third kappa shape index (κ3) is 32.4. The number of halogens is 10. The first-order valence-corrected chi connectivity index (χ1v) is 52.8. The molecule has 0 aliphatic carbocycles. The number of rotatable bonds is 23. The van der Waals surface area contributed by atoms with Crippen LogP contribution in [0.4, 0.5) is 28.4 Å². The van der Waals surface area contributed by atoms with Gasteiger partial charge in [0.1, 0.15) is 40.2 Å². The van der Waals surface area contributed by atoms with Gasteiger partial charge in [-0.15, -0.1) is 45.3 Å². The zero-order chi connectivity index (χ0) is 107. The molecule has 10 aromatic carbocycles. The van der Waals surface area contributed by atoms with Crippen molar-refractivity contribution in [3.05, 3.63) is 323 Å². The van der Waals surface area contributed by atoms with E-state index in [0.717, 1.165) is 33.5 Å². The number of aromatic nitrogens is 2. The number of anilines is 5. The van der Waals surface area contributed by atoms with E-state index in [-0.39, 0.29) is 77.9 Å². The normalized spacial score (nSPS) is 11.5. The number of hydrazone groups is 5. The summed E-state index contributed by atoms with van der Waals surface area (Å²) in [5.74, 6) is 0.150. The van der Waals surface area contributed by atoms with Gasteiger partial charge in [0, 0.05) is 74.2 Å². The summed E-state index contributed by atoms with van der Waals surface area (Å²) in [4.78, 5) is 13.7. The zero-order valence-corrected chi connectivity index (χ0v) is 92.4. The number of phenols is 2. The summed E-state index contributed by atoms with van der Waals surface area (Å²) in [5, 5.41) is 139. The molecule has 15 rings (SSSR count). The average molecular weight is 2360 g/mol. The fourth-order valence-electron chi connectivity index (χ4n) is 12.6. The number of thiophene rings is 4. The van der Waals surface area contributed by atoms with Crippen molar-refractivity contribution in [2.24, 2.45) is 43.4 Å². The maximum absolute atomic E-state index is 11.5. The van der Waals surface area contributed by atoms with Crippen LogP contribution in [-0.4, -0.2) is 119 Å². The summed E-state index contributed by atoms with van der Waals surface area (Å²) in [6.07, 6.45) is 0. The van der Waals surface area contributed by atoms with Gasteiger partial charge >= 0.3 is 0 Å². The summed E-state index contributed by atoms with van der Waals surface area (Å²) in [6.45, 7) is 8.62. The molecule has 0 radical (unpaired) electrons. The minimum atomic E-state index is -3.84. The van der Waals surface area contributed by atoms with Crippen LogP contribution in [0, 0.1) is 0 Å². The Balaban J connectivity index is 0.000000175. The third-order valence-corrected chi connectivity index (χ3v) is 29.6. The van der Waals surface area contributed by atoms with Crippen LogP contribution in [0.15, 0.2) is 264 Å². The number of aliphatic hydroxyl groups excluding tert-OH is 1. The monoisotopic (exact) mass is 2360 g/mol. The van der Waals surface area contributed by atoms with Crippen LogP contribution in [0.25, 0.3) is 53.0 Å². The number of aromatic hydroxyl groups is 7. The molecule has 760 valence electrons. The van der Waals surface area contributed by atoms with Crippen molar-refractivity contribution in [2.75, 3.05) is 26.6 Å². The van der Waals surface area contributed by atoms with Crippen LogP contribution in [0.2, 0.25) is 50.2 Å². The van der Waals surface area contributed by atoms with Crippen molar-refractivity contribution in [1.29, 1.82) is 0 Å². The number of aliphatic hydroxyl groups is 1. The number of carbonyl (C=O) groups excluding carboxylic acids is 1. The lowest BCUT2D eigenvalue weighted by atomic mass is 10.1. The largest absolute Gasteiger partial charge is 0.508 e. The molecule has 0 saturated heterocycles. The van der Waals surface area contributed by atoms with Crippen molar-refractivity contribution < 1.29 is 54.1 Å². The Hall–Kier alpha value is -12.2. The molecule has 0 aliphatic rings. The summed E-state index contributed by atoms with van der Waals surface area (Å²) < 4.78 is 24.4. The van der Waals surface area contributed by atoms with Gasteiger partial charge in [-0.25, -0.2) is 13.6 Å². The molecule has 15 aromatic rings. The second kappa shape index (κ2) is 53.6. The number of thiocarbonyl (C=S) groups is 5. The zero-order valence-electron chi connectivity index (χ0n) is 76.7. The summed E-state index contributed by atoms with van der Waals surface area (Å²) in [6, 6.07) is 58.4. The van der Waals surface area contributed by atoms with E-state index < -0.39 is 15.9 Å². The highest BCUT2D eigenvalue weighted by Gasteiger charge is 2.25. The molecule has 5 aromatic heterocycles. The second-order valence-corrected chi connectivity index (χ2v) is 41.6. The van der Waals surface area contributed by atoms with Crippen molar-refractivity contribution in [3.8, 4) is 93.3 Å². The number of hydrogen-bond acceptors (Lipinski definition) is 26. The molecule has 1 amide bonds. The molecular weight excluding hydrogens is 2280 g/mol. The smallest absolute Gasteiger partial charge is 0.248 e. The predicted molar refractivity (Wildman–Crippen MR) is 625 cm³/mol. The first-order valence-electron chi connectivity index (χ1n) is 42.0. The Morgan fingerprint density at radius 2 is 0.660 bits per heavy atom. The lowest BCUT2D eigenvalue weighted by Crippen LogP contribution is -2.25. The highest BCUT2D eigenvalue weighted by atomic mass is 35.5. The molecule has 30 nitrogen and oxygen atoms in total. The third-order valence-electron chi connectivity index (χ3n) is 20.0. The minimum absolute atomic E-state index is 0.0500. The van der Waals surface area contributed by atoms with Crippen LogP contribution < -0.4 is 64.6 Å². The van der Waals surface area contributed by atoms with Gasteiger partial charge in [0.25, 0.3) is 0 Å². The lowest BCUT2D eigenvalue weighted by molar-refractivity contribution is 0.1000. The van der Waals surface area contributed by atoms with Crippen molar-refractivity contribution in [3.63, 3.8) is 0 Å². The predicted octanol–water partition coefficient (Wildman–Crippen LogP) is 26.0. The fourth-order valence-corrected chi connectivity index (χ4v) is 19.5. The Kier molecular flexibility index (Phi) is 42.0. The quantitative estimate of drug-likeness (QED) is 0.0122. The van der Waals surface area contributed by atoms with Crippen LogP contribution in [-0.2, 0) is 23.7 Å². The standard InChI is InChI=1S/C20H16Cl2N4O2S2.C20H17Cl2N3O2S2.C19H18Cl2N6O3S2.2C19H15Cl2N3O2S2/c1-10(25-26-20(29)24-13-5-2-11(3-6-13)19(23)28)14-9-30-18(17(14)27)12-4-7-15(21)16(22)8-12;1-11(24-25-20(28)23-14-4-2-3-12(7-14)9-26)15-10-29-19(18(15)27)13-5-6-16(21)17(22)8-13;1-10(24-25-19(31)23-12-4-3-5-13(9-12)32(22,29)30)16-18(28)17(27(2)26-16)11-6-7-14(20)15(21)8-11;1-10(23-24-19(27)22-12-3-5-13(25)6-4-12)14-9-28-18(17(14)26)11-2-7-15(20)16(21)8-11;1-10(23-24-19(27)22-12-3-2-4-13(25)8-12)14-9-28-18(17(14)26)11-5-6-15(20)16(21)7-11/h2-9,27H,1H3,(H2,23,28)(H2,24,26,29);2-8,10,26-27H,9H2,1H3,(H2,23,25,28);3-9,28H,1-2H3,(H2,22,29,30)(H2,23,25,31);2*2-9,25-26H,1H3,(H2,22,24,27)/b25-10+;24-11+;24-10+;2*23-10+. The first-order chi connectivity index (χ1) is 69.8. The van der Waals surface area contributed by atoms with Crippen molar-refractivity contribution in [1.82, 2.24) is 36.9 Å². The number of nitrogens with one attached hydrogen (secondary N) is 10. The van der Waals surface area contributed by atoms with E-state index in [9.17, 15) is 54.1 Å². The highest BCUT2D eigenvalue weighted by Crippen LogP contribution is 2.46. The summed E-state index contributed by atoms with van der Waals surface area (Å²) in [5.41, 5.74) is 32.4. The molecule has 5 heterocycles. The topological polar surface area (TPSA) is 465 Å². The second-order valence-electron chi connectivity index (χ2n) is 30.4. The maximum atomic E-state index is 11.5. The average Bonchev–Trinajstić information content (AvgIpc) is 1.65. The summed E-state index contributed by atoms with van der Waals surface area (Å²) >= 11 is 91.7. The molecule has 0 bridgehead atoms. The van der Waals surface area contributed by atoms with Crippen molar-refractivity contribution >= 4 is 321 Å². The highest BCUT2D eigenvalue weighted by molar-refractivity contribution is 7.89. The number of phenolic OH excluding ortho intramolecular Hbond substituents is 2. The van der Waals surface area contributed by atoms with Gasteiger partial charge in [-0.1, -0.05) is 171 Å². The van der Waals surface area contributed by atoms with Gasteiger partial charge in [0.2, 0.25) is 15.9 Å². The van der Waals surface area contributed by atoms with Crippen LogP contribution in [0.3, 0.4) is 0 Å². The Morgan fingerprint density at radius 1 is 0.361 bits per heavy atom. The number of amides is 1. The summed E-state index contributed by atoms with van der Waals surface area (Å²) in [7, 11) is -2.17. The first kappa shape index (κ1) is 115. The molecule has 50 heteroatoms. The van der Waals surface area contributed by atoms with E-state index in [0.29, 0.717) is 165 Å². The maximum Gasteiger partial charge on any atom is 0.248 e. The molecule has 0 aliphatic heterocycles. The van der Waals surface area contributed by atoms with Gasteiger partial charge in [-0.2, -0.15) is 30.6 Å². The number of primary sulfonamides is 1. The van der Waals surface area contributed by atoms with E-state index >= 15 is 0 Å². The van der Waals surface area contributed by atoms with Gasteiger partial charge in [-0.3, -0.25) is 36.6 Å². The molecule has 0 saturated carbocycles. The number of nitrogens with two attached hydrogens (primary N) is 2. The fraction of sp³-hybridized carbons (Fsp3) is 0.0722. The van der Waals surface area contributed by atoms with E-state index in [1.54, 1.807) is 228 Å². The van der Waals surface area contributed by atoms with Crippen LogP contribution in [0.5, 0.6) is 40.2 Å². The molecule has 0 spiro atoms. The van der Waals surface area contributed by atoms with E-state index in [1.165, 1.54) is 68.2 Å². The molecule has 0 unspecified atom stereocenters. The number of sulfonamides is 1. The Morgan fingerprint density at radius 3 is 0.986 bits per heavy atom. The Bertz CT molecular complexity index is 7760. The molecule has 0 atom stereocenters. The number of hydrogen-bond donors (Lipinski definition) is 20. The molecule has 147 heavy (non-hydrogen) atoms. The molecule has 0 fully saturated rings. The van der Waals surface area contributed by atoms with Gasteiger partial charge < -0.3 is 73.2 Å². The number of aryl methyl sites for hydroxylation is 1. The van der Waals surface area contributed by atoms with Crippen LogP contribution in [0.1, 0.15) is 78.5 Å². The van der Waals surface area contributed by atoms with E-state index in [2.05, 4.69) is 84.3 Å². The number of nitrogens with zero attached hydrogens (tertiary/aromatic N) is 7. The van der Waals surface area contributed by atoms with Gasteiger partial charge in [0.15, 0.2) is 37.0 Å². The lowest BCUT2D eigenvalue weighted by Gasteiger charge is -2.09. The number of carbonyl (C=O) groups is 1. The van der Waals surface area contributed by atoms with Gasteiger partial charge in [-0.05, 0) is 275 Å². The van der Waals surface area contributed by atoms with Crippen LogP contribution >= 0.6 is 222 Å². The molecule has 22 N–H and O–H groups in total. The van der Waals surface area contributed by atoms with Gasteiger partial charge in [0.05, 0.1) is 132 Å².